The van der Waals surface area contributed by atoms with E-state index in [9.17, 15) is 13.9 Å². The maximum Gasteiger partial charge on any atom is 0.126 e. The zero-order valence-electron chi connectivity index (χ0n) is 9.84. The minimum absolute atomic E-state index is 0.155. The standard InChI is InChI=1S/C13H17F2NO/c1-13(17,12-4-2-3-5-16-12)9-6-10(14)8-11(15)7-9/h6-8,12,16-17H,2-5H2,1H3. The summed E-state index contributed by atoms with van der Waals surface area (Å²) >= 11 is 0. The second kappa shape index (κ2) is 4.70. The number of hydrogen-bond donors (Lipinski definition) is 2. The summed E-state index contributed by atoms with van der Waals surface area (Å²) in [6.07, 6.45) is 2.90. The van der Waals surface area contributed by atoms with Gasteiger partial charge in [0.15, 0.2) is 0 Å². The first-order valence-corrected chi connectivity index (χ1v) is 5.92. The van der Waals surface area contributed by atoms with Crippen LogP contribution in [0, 0.1) is 11.6 Å². The first-order chi connectivity index (χ1) is 8.00. The monoisotopic (exact) mass is 241 g/mol. The quantitative estimate of drug-likeness (QED) is 0.832. The van der Waals surface area contributed by atoms with E-state index in [0.29, 0.717) is 0 Å². The van der Waals surface area contributed by atoms with Gasteiger partial charge in [-0.2, -0.15) is 0 Å². The van der Waals surface area contributed by atoms with Crippen LogP contribution in [-0.2, 0) is 5.60 Å². The van der Waals surface area contributed by atoms with Crippen LogP contribution in [-0.4, -0.2) is 17.7 Å². The van der Waals surface area contributed by atoms with E-state index >= 15 is 0 Å². The smallest absolute Gasteiger partial charge is 0.126 e. The molecule has 1 aromatic carbocycles. The molecule has 1 saturated heterocycles. The van der Waals surface area contributed by atoms with Crippen LogP contribution in [0.3, 0.4) is 0 Å². The Hall–Kier alpha value is -1.00. The molecule has 0 aromatic heterocycles. The summed E-state index contributed by atoms with van der Waals surface area (Å²) in [7, 11) is 0. The van der Waals surface area contributed by atoms with Gasteiger partial charge in [-0.1, -0.05) is 6.42 Å². The summed E-state index contributed by atoms with van der Waals surface area (Å²) in [5, 5.41) is 13.7. The molecule has 0 spiro atoms. The number of nitrogens with one attached hydrogen (secondary N) is 1. The third-order valence-corrected chi connectivity index (χ3v) is 3.44. The van der Waals surface area contributed by atoms with E-state index in [1.165, 1.54) is 12.1 Å². The Balaban J connectivity index is 2.29. The van der Waals surface area contributed by atoms with Crippen molar-refractivity contribution < 1.29 is 13.9 Å². The number of halogens is 2. The van der Waals surface area contributed by atoms with Crippen molar-refractivity contribution in [3.63, 3.8) is 0 Å². The second-order valence-corrected chi connectivity index (χ2v) is 4.81. The molecule has 2 unspecified atom stereocenters. The topological polar surface area (TPSA) is 32.3 Å². The molecule has 0 saturated carbocycles. The van der Waals surface area contributed by atoms with E-state index in [2.05, 4.69) is 5.32 Å². The maximum absolute atomic E-state index is 13.2. The van der Waals surface area contributed by atoms with Gasteiger partial charge in [-0.15, -0.1) is 0 Å². The Morgan fingerprint density at radius 1 is 1.24 bits per heavy atom. The number of aliphatic hydroxyl groups is 1. The minimum Gasteiger partial charge on any atom is -0.384 e. The molecule has 1 fully saturated rings. The molecule has 1 aromatic rings. The lowest BCUT2D eigenvalue weighted by Gasteiger charge is -2.36. The van der Waals surface area contributed by atoms with Gasteiger partial charge in [0.1, 0.15) is 17.2 Å². The average Bonchev–Trinajstić information content (AvgIpc) is 2.29. The molecule has 2 rings (SSSR count). The molecule has 17 heavy (non-hydrogen) atoms. The number of benzene rings is 1. The summed E-state index contributed by atoms with van der Waals surface area (Å²) in [4.78, 5) is 0. The SMILES string of the molecule is CC(O)(c1cc(F)cc(F)c1)C1CCCCN1. The van der Waals surface area contributed by atoms with Crippen LogP contribution in [0.5, 0.6) is 0 Å². The molecule has 1 aliphatic heterocycles. The van der Waals surface area contributed by atoms with E-state index in [1.807, 2.05) is 0 Å². The summed E-state index contributed by atoms with van der Waals surface area (Å²) in [6, 6.07) is 3.05. The molecular weight excluding hydrogens is 224 g/mol. The van der Waals surface area contributed by atoms with Crippen molar-refractivity contribution in [2.24, 2.45) is 0 Å². The first kappa shape index (κ1) is 12.5. The Morgan fingerprint density at radius 3 is 2.41 bits per heavy atom. The van der Waals surface area contributed by atoms with Crippen molar-refractivity contribution in [2.75, 3.05) is 6.54 Å². The van der Waals surface area contributed by atoms with Crippen molar-refractivity contribution in [3.8, 4) is 0 Å². The number of piperidine rings is 1. The highest BCUT2D eigenvalue weighted by atomic mass is 19.1. The fourth-order valence-corrected chi connectivity index (χ4v) is 2.38. The van der Waals surface area contributed by atoms with Crippen LogP contribution in [0.15, 0.2) is 18.2 Å². The van der Waals surface area contributed by atoms with Gasteiger partial charge in [0.25, 0.3) is 0 Å². The Bertz CT molecular complexity index is 380. The van der Waals surface area contributed by atoms with Gasteiger partial charge in [0, 0.05) is 12.1 Å². The third-order valence-electron chi connectivity index (χ3n) is 3.44. The Labute approximate surface area is 99.7 Å². The molecule has 2 N–H and O–H groups in total. The van der Waals surface area contributed by atoms with Gasteiger partial charge in [-0.3, -0.25) is 0 Å². The van der Waals surface area contributed by atoms with Crippen LogP contribution >= 0.6 is 0 Å². The second-order valence-electron chi connectivity index (χ2n) is 4.81. The highest BCUT2D eigenvalue weighted by Crippen LogP contribution is 2.30. The highest BCUT2D eigenvalue weighted by Gasteiger charge is 2.34. The van der Waals surface area contributed by atoms with Gasteiger partial charge in [0.2, 0.25) is 0 Å². The number of hydrogen-bond acceptors (Lipinski definition) is 2. The van der Waals surface area contributed by atoms with Gasteiger partial charge >= 0.3 is 0 Å². The van der Waals surface area contributed by atoms with E-state index in [1.54, 1.807) is 6.92 Å². The summed E-state index contributed by atoms with van der Waals surface area (Å²) in [5.41, 5.74) is -0.960. The largest absolute Gasteiger partial charge is 0.384 e. The van der Waals surface area contributed by atoms with Crippen molar-refractivity contribution in [1.82, 2.24) is 5.32 Å². The predicted molar refractivity (Wildman–Crippen MR) is 61.6 cm³/mol. The lowest BCUT2D eigenvalue weighted by molar-refractivity contribution is 0.00515. The van der Waals surface area contributed by atoms with Crippen molar-refractivity contribution >= 4 is 0 Å². The van der Waals surface area contributed by atoms with Crippen molar-refractivity contribution in [2.45, 2.75) is 37.8 Å². The molecule has 1 aliphatic rings. The molecule has 0 aliphatic carbocycles. The lowest BCUT2D eigenvalue weighted by atomic mass is 9.83. The molecule has 94 valence electrons. The van der Waals surface area contributed by atoms with E-state index in [4.69, 9.17) is 0 Å². The lowest BCUT2D eigenvalue weighted by Crippen LogP contribution is -2.49. The van der Waals surface area contributed by atoms with E-state index in [-0.39, 0.29) is 11.6 Å². The molecule has 0 radical (unpaired) electrons. The molecular formula is C13H17F2NO. The Morgan fingerprint density at radius 2 is 1.88 bits per heavy atom. The maximum atomic E-state index is 13.2. The van der Waals surface area contributed by atoms with Crippen LogP contribution < -0.4 is 5.32 Å². The molecule has 4 heteroatoms. The zero-order chi connectivity index (χ0) is 12.5. The van der Waals surface area contributed by atoms with E-state index < -0.39 is 17.2 Å². The summed E-state index contributed by atoms with van der Waals surface area (Å²) < 4.78 is 26.3. The summed E-state index contributed by atoms with van der Waals surface area (Å²) in [6.45, 7) is 2.43. The van der Waals surface area contributed by atoms with Crippen LogP contribution in [0.4, 0.5) is 8.78 Å². The zero-order valence-corrected chi connectivity index (χ0v) is 9.84. The van der Waals surface area contributed by atoms with Gasteiger partial charge < -0.3 is 10.4 Å². The molecule has 2 nitrogen and oxygen atoms in total. The minimum atomic E-state index is -1.25. The van der Waals surface area contributed by atoms with Gasteiger partial charge in [-0.05, 0) is 44.0 Å². The van der Waals surface area contributed by atoms with Crippen LogP contribution in [0.25, 0.3) is 0 Å². The summed E-state index contributed by atoms with van der Waals surface area (Å²) in [5.74, 6) is -1.31. The van der Waals surface area contributed by atoms with Crippen LogP contribution in [0.2, 0.25) is 0 Å². The normalized spacial score (nSPS) is 24.4. The fraction of sp³-hybridized carbons (Fsp3) is 0.538. The third kappa shape index (κ3) is 2.64. The van der Waals surface area contributed by atoms with Gasteiger partial charge in [-0.25, -0.2) is 8.78 Å². The van der Waals surface area contributed by atoms with E-state index in [0.717, 1.165) is 31.9 Å². The number of rotatable bonds is 2. The molecule has 2 atom stereocenters. The first-order valence-electron chi connectivity index (χ1n) is 5.92. The highest BCUT2D eigenvalue weighted by molar-refractivity contribution is 5.25. The predicted octanol–water partition coefficient (Wildman–Crippen LogP) is 2.31. The molecule has 1 heterocycles. The van der Waals surface area contributed by atoms with Gasteiger partial charge in [0.05, 0.1) is 0 Å². The van der Waals surface area contributed by atoms with Crippen LogP contribution in [0.1, 0.15) is 31.7 Å². The molecule has 0 amide bonds. The Kier molecular flexibility index (Phi) is 3.45. The molecule has 0 bridgehead atoms. The fourth-order valence-electron chi connectivity index (χ4n) is 2.38. The average molecular weight is 241 g/mol. The van der Waals surface area contributed by atoms with Crippen molar-refractivity contribution in [3.05, 3.63) is 35.4 Å². The van der Waals surface area contributed by atoms with Crippen molar-refractivity contribution in [1.29, 1.82) is 0 Å².